The molecular weight excluding hydrogens is 419 g/mol. The number of ether oxygens (including phenoxy) is 1. The third-order valence-corrected chi connectivity index (χ3v) is 5.67. The molecule has 4 aromatic rings. The number of rotatable bonds is 4. The molecule has 162 valence electrons. The summed E-state index contributed by atoms with van der Waals surface area (Å²) in [4.78, 5) is 13.2. The van der Waals surface area contributed by atoms with E-state index in [-0.39, 0.29) is 11.3 Å². The van der Waals surface area contributed by atoms with Gasteiger partial charge in [-0.15, -0.1) is 13.2 Å². The number of carbonyl (C=O) groups excluding carboxylic acids is 1. The Hall–Kier alpha value is -3.68. The van der Waals surface area contributed by atoms with Crippen LogP contribution in [0.3, 0.4) is 0 Å². The van der Waals surface area contributed by atoms with Gasteiger partial charge in [0.2, 0.25) is 0 Å². The van der Waals surface area contributed by atoms with Gasteiger partial charge in [-0.1, -0.05) is 36.4 Å². The van der Waals surface area contributed by atoms with Crippen molar-refractivity contribution in [2.45, 2.75) is 31.8 Å². The lowest BCUT2D eigenvalue weighted by atomic mass is 9.87. The normalized spacial score (nSPS) is 16.2. The molecule has 0 bridgehead atoms. The molecule has 0 fully saturated rings. The summed E-state index contributed by atoms with van der Waals surface area (Å²) < 4.78 is 45.5. The van der Waals surface area contributed by atoms with Gasteiger partial charge in [-0.25, -0.2) is 0 Å². The summed E-state index contributed by atoms with van der Waals surface area (Å²) in [6, 6.07) is 15.3. The molecule has 1 aliphatic rings. The van der Waals surface area contributed by atoms with Crippen LogP contribution >= 0.6 is 0 Å². The van der Waals surface area contributed by atoms with Gasteiger partial charge in [-0.05, 0) is 30.5 Å². The van der Waals surface area contributed by atoms with Gasteiger partial charge in [-0.3, -0.25) is 9.48 Å². The van der Waals surface area contributed by atoms with Crippen LogP contribution in [0.5, 0.6) is 5.75 Å². The molecule has 2 aromatic heterocycles. The average Bonchev–Trinajstić information content (AvgIpc) is 3.17. The Morgan fingerprint density at radius 1 is 1.12 bits per heavy atom. The Bertz CT molecular complexity index is 1300. The van der Waals surface area contributed by atoms with Crippen molar-refractivity contribution in [1.29, 1.82) is 0 Å². The van der Waals surface area contributed by atoms with Crippen molar-refractivity contribution in [2.75, 3.05) is 0 Å². The van der Waals surface area contributed by atoms with E-state index in [0.717, 1.165) is 16.5 Å². The SMILES string of the molecule is O=C1c2cc(OC(F)(F)F)ccc2CCC1n1ncc2c[n+](Cc3ccccc3)ccc21. The lowest BCUT2D eigenvalue weighted by Crippen LogP contribution is -2.33. The number of benzene rings is 2. The van der Waals surface area contributed by atoms with Gasteiger partial charge in [0.1, 0.15) is 11.8 Å². The predicted octanol–water partition coefficient (Wildman–Crippen LogP) is 4.64. The third kappa shape index (κ3) is 3.95. The summed E-state index contributed by atoms with van der Waals surface area (Å²) in [6.07, 6.45) is 1.91. The zero-order valence-corrected chi connectivity index (χ0v) is 16.9. The molecule has 0 saturated heterocycles. The van der Waals surface area contributed by atoms with E-state index >= 15 is 0 Å². The van der Waals surface area contributed by atoms with Crippen LogP contribution in [0.4, 0.5) is 13.2 Å². The first-order valence-corrected chi connectivity index (χ1v) is 10.2. The first kappa shape index (κ1) is 20.2. The Labute approximate surface area is 181 Å². The van der Waals surface area contributed by atoms with Gasteiger partial charge in [-0.2, -0.15) is 9.67 Å². The van der Waals surface area contributed by atoms with Crippen LogP contribution in [0.15, 0.2) is 73.2 Å². The molecule has 0 aliphatic heterocycles. The Morgan fingerprint density at radius 3 is 2.72 bits per heavy atom. The molecule has 1 aliphatic carbocycles. The van der Waals surface area contributed by atoms with Gasteiger partial charge in [0, 0.05) is 17.2 Å². The smallest absolute Gasteiger partial charge is 0.406 e. The first-order valence-electron chi connectivity index (χ1n) is 10.2. The van der Waals surface area contributed by atoms with E-state index in [9.17, 15) is 18.0 Å². The molecule has 2 heterocycles. The maximum absolute atomic E-state index is 13.2. The number of Topliss-reactive ketones (excluding diaryl/α,β-unsaturated/α-hetero) is 1. The molecule has 0 spiro atoms. The maximum atomic E-state index is 13.2. The van der Waals surface area contributed by atoms with Gasteiger partial charge in [0.15, 0.2) is 24.7 Å². The second-order valence-corrected chi connectivity index (χ2v) is 7.82. The number of carbonyl (C=O) groups is 1. The molecule has 1 atom stereocenters. The zero-order chi connectivity index (χ0) is 22.3. The van der Waals surface area contributed by atoms with Gasteiger partial charge < -0.3 is 4.74 Å². The lowest BCUT2D eigenvalue weighted by Gasteiger charge is -2.24. The van der Waals surface area contributed by atoms with E-state index in [1.165, 1.54) is 23.8 Å². The summed E-state index contributed by atoms with van der Waals surface area (Å²) in [5.74, 6) is -0.651. The van der Waals surface area contributed by atoms with E-state index in [1.54, 1.807) is 10.9 Å². The van der Waals surface area contributed by atoms with Crippen LogP contribution in [0, 0.1) is 0 Å². The first-order chi connectivity index (χ1) is 15.4. The number of pyridine rings is 1. The predicted molar refractivity (Wildman–Crippen MR) is 110 cm³/mol. The standard InChI is InChI=1S/C24H19F3N3O2/c25-24(26,27)32-19-8-6-17-7-9-22(23(31)20(17)12-19)30-21-10-11-29(15-18(21)13-28-30)14-16-4-2-1-3-5-16/h1-6,8,10-13,15,22H,7,9,14H2/q+1. The minimum atomic E-state index is -4.81. The number of hydrogen-bond donors (Lipinski definition) is 0. The fourth-order valence-electron chi connectivity index (χ4n) is 4.22. The zero-order valence-electron chi connectivity index (χ0n) is 16.9. The van der Waals surface area contributed by atoms with Crippen molar-refractivity contribution in [3.63, 3.8) is 0 Å². The van der Waals surface area contributed by atoms with Crippen LogP contribution in [-0.2, 0) is 13.0 Å². The van der Waals surface area contributed by atoms with Crippen LogP contribution in [-0.4, -0.2) is 21.9 Å². The van der Waals surface area contributed by atoms with Gasteiger partial charge >= 0.3 is 6.36 Å². The van der Waals surface area contributed by atoms with E-state index in [4.69, 9.17) is 0 Å². The molecule has 0 amide bonds. The van der Waals surface area contributed by atoms with Crippen LogP contribution in [0.2, 0.25) is 0 Å². The second kappa shape index (κ2) is 7.78. The molecule has 0 N–H and O–H groups in total. The number of aryl methyl sites for hydroxylation is 1. The van der Waals surface area contributed by atoms with Gasteiger partial charge in [0.25, 0.3) is 0 Å². The number of nitrogens with zero attached hydrogens (tertiary/aromatic N) is 3. The number of halogens is 3. The lowest BCUT2D eigenvalue weighted by molar-refractivity contribution is -0.687. The van der Waals surface area contributed by atoms with E-state index in [2.05, 4.69) is 22.0 Å². The summed E-state index contributed by atoms with van der Waals surface area (Å²) in [5, 5.41) is 5.33. The molecule has 0 radical (unpaired) electrons. The van der Waals surface area contributed by atoms with Crippen molar-refractivity contribution >= 4 is 16.7 Å². The number of hydrogen-bond acceptors (Lipinski definition) is 3. The van der Waals surface area contributed by atoms with Crippen molar-refractivity contribution < 1.29 is 27.3 Å². The largest absolute Gasteiger partial charge is 0.573 e. The number of aromatic nitrogens is 3. The number of ketones is 1. The van der Waals surface area contributed by atoms with Crippen molar-refractivity contribution in [3.05, 3.63) is 89.9 Å². The van der Waals surface area contributed by atoms with Gasteiger partial charge in [0.05, 0.1) is 17.1 Å². The summed E-state index contributed by atoms with van der Waals surface area (Å²) in [5.41, 5.74) is 2.94. The molecule has 8 heteroatoms. The minimum Gasteiger partial charge on any atom is -0.406 e. The van der Waals surface area contributed by atoms with E-state index in [0.29, 0.717) is 19.4 Å². The molecule has 5 rings (SSSR count). The molecule has 32 heavy (non-hydrogen) atoms. The molecule has 1 unspecified atom stereocenters. The van der Waals surface area contributed by atoms with E-state index in [1.807, 2.05) is 41.2 Å². The van der Waals surface area contributed by atoms with Crippen molar-refractivity contribution in [1.82, 2.24) is 9.78 Å². The summed E-state index contributed by atoms with van der Waals surface area (Å²) in [6.45, 7) is 0.708. The highest BCUT2D eigenvalue weighted by Crippen LogP contribution is 2.34. The monoisotopic (exact) mass is 438 g/mol. The highest BCUT2D eigenvalue weighted by Gasteiger charge is 2.34. The topological polar surface area (TPSA) is 48.0 Å². The summed E-state index contributed by atoms with van der Waals surface area (Å²) >= 11 is 0. The van der Waals surface area contributed by atoms with Crippen LogP contribution in [0.25, 0.3) is 10.9 Å². The highest BCUT2D eigenvalue weighted by atomic mass is 19.4. The molecule has 2 aromatic carbocycles. The van der Waals surface area contributed by atoms with Crippen molar-refractivity contribution in [3.8, 4) is 5.75 Å². The molecular formula is C24H19F3N3O2+. The molecule has 0 saturated carbocycles. The maximum Gasteiger partial charge on any atom is 0.573 e. The van der Waals surface area contributed by atoms with Crippen LogP contribution in [0.1, 0.15) is 33.9 Å². The average molecular weight is 438 g/mol. The fourth-order valence-corrected chi connectivity index (χ4v) is 4.22. The Kier molecular flexibility index (Phi) is 4.92. The number of alkyl halides is 3. The molecule has 5 nitrogen and oxygen atoms in total. The highest BCUT2D eigenvalue weighted by molar-refractivity contribution is 6.02. The van der Waals surface area contributed by atoms with E-state index < -0.39 is 18.2 Å². The Morgan fingerprint density at radius 2 is 1.94 bits per heavy atom. The minimum absolute atomic E-state index is 0.252. The van der Waals surface area contributed by atoms with Crippen molar-refractivity contribution in [2.24, 2.45) is 0 Å². The summed E-state index contributed by atoms with van der Waals surface area (Å²) in [7, 11) is 0. The fraction of sp³-hybridized carbons (Fsp3) is 0.208. The van der Waals surface area contributed by atoms with Crippen LogP contribution < -0.4 is 9.30 Å². The Balaban J connectivity index is 1.43. The number of fused-ring (bicyclic) bond motifs is 2. The second-order valence-electron chi connectivity index (χ2n) is 7.82. The third-order valence-electron chi connectivity index (χ3n) is 5.67. The quantitative estimate of drug-likeness (QED) is 0.436.